The van der Waals surface area contributed by atoms with Crippen molar-refractivity contribution in [1.82, 2.24) is 9.55 Å². The van der Waals surface area contributed by atoms with Gasteiger partial charge in [-0.2, -0.15) is 0 Å². The van der Waals surface area contributed by atoms with Gasteiger partial charge in [0.1, 0.15) is 6.54 Å². The van der Waals surface area contributed by atoms with Gasteiger partial charge >= 0.3 is 5.97 Å². The van der Waals surface area contributed by atoms with E-state index >= 15 is 0 Å². The minimum Gasteiger partial charge on any atom is -0.465 e. The van der Waals surface area contributed by atoms with Gasteiger partial charge in [-0.1, -0.05) is 19.1 Å². The third-order valence-corrected chi connectivity index (χ3v) is 2.78. The molecule has 0 atom stereocenters. The van der Waals surface area contributed by atoms with Crippen molar-refractivity contribution >= 4 is 23.0 Å². The second-order valence-electron chi connectivity index (χ2n) is 4.24. The Kier molecular flexibility index (Phi) is 4.39. The molecule has 102 valence electrons. The van der Waals surface area contributed by atoms with Crippen LogP contribution < -0.4 is 5.32 Å². The van der Waals surface area contributed by atoms with Crippen LogP contribution in [0.15, 0.2) is 24.3 Å². The number of nitrogens with zero attached hydrogens (tertiary/aromatic N) is 2. The molecule has 0 bridgehead atoms. The Hall–Kier alpha value is -2.04. The van der Waals surface area contributed by atoms with Crippen molar-refractivity contribution in [3.8, 4) is 0 Å². The highest BCUT2D eigenvalue weighted by Crippen LogP contribution is 2.19. The van der Waals surface area contributed by atoms with Crippen LogP contribution in [0.25, 0.3) is 11.0 Å². The second kappa shape index (κ2) is 6.22. The number of carbonyl (C=O) groups excluding carboxylic acids is 1. The maximum Gasteiger partial charge on any atom is 0.326 e. The third-order valence-electron chi connectivity index (χ3n) is 2.78. The molecule has 0 saturated heterocycles. The molecule has 0 aliphatic rings. The lowest BCUT2D eigenvalue weighted by Gasteiger charge is -2.09. The van der Waals surface area contributed by atoms with Gasteiger partial charge in [0.15, 0.2) is 0 Å². The van der Waals surface area contributed by atoms with Crippen LogP contribution in [-0.4, -0.2) is 28.7 Å². The number of fused-ring (bicyclic) bond motifs is 1. The number of benzene rings is 1. The Labute approximate surface area is 112 Å². The Morgan fingerprint density at radius 3 is 2.89 bits per heavy atom. The standard InChI is InChI=1S/C14H19N3O2/c1-3-9-15-14-16-11-7-5-6-8-12(11)17(14)10-13(18)19-4-2/h5-8H,3-4,9-10H2,1-2H3,(H,15,16). The molecule has 5 heteroatoms. The van der Waals surface area contributed by atoms with Crippen LogP contribution in [0.1, 0.15) is 20.3 Å². The lowest BCUT2D eigenvalue weighted by molar-refractivity contribution is -0.143. The highest BCUT2D eigenvalue weighted by molar-refractivity contribution is 5.81. The second-order valence-corrected chi connectivity index (χ2v) is 4.24. The van der Waals surface area contributed by atoms with Crippen LogP contribution in [0.3, 0.4) is 0 Å². The van der Waals surface area contributed by atoms with Gasteiger partial charge in [-0.05, 0) is 25.5 Å². The number of hydrogen-bond acceptors (Lipinski definition) is 4. The Balaban J connectivity index is 2.33. The number of carbonyl (C=O) groups is 1. The number of ether oxygens (including phenoxy) is 1. The normalized spacial score (nSPS) is 10.6. The van der Waals surface area contributed by atoms with E-state index in [1.165, 1.54) is 0 Å². The molecule has 19 heavy (non-hydrogen) atoms. The number of hydrogen-bond donors (Lipinski definition) is 1. The van der Waals surface area contributed by atoms with Crippen molar-refractivity contribution < 1.29 is 9.53 Å². The lowest BCUT2D eigenvalue weighted by Crippen LogP contribution is -2.16. The zero-order valence-electron chi connectivity index (χ0n) is 11.3. The van der Waals surface area contributed by atoms with Gasteiger partial charge in [0.05, 0.1) is 17.6 Å². The Bertz CT molecular complexity index is 563. The first-order chi connectivity index (χ1) is 9.26. The molecular weight excluding hydrogens is 242 g/mol. The third kappa shape index (κ3) is 3.05. The molecule has 1 heterocycles. The van der Waals surface area contributed by atoms with E-state index in [1.54, 1.807) is 6.92 Å². The molecule has 0 aliphatic carbocycles. The Morgan fingerprint density at radius 2 is 2.16 bits per heavy atom. The number of para-hydroxylation sites is 2. The first kappa shape index (κ1) is 13.4. The van der Waals surface area contributed by atoms with E-state index in [9.17, 15) is 4.79 Å². The molecule has 0 unspecified atom stereocenters. The molecule has 0 saturated carbocycles. The van der Waals surface area contributed by atoms with E-state index < -0.39 is 0 Å². The van der Waals surface area contributed by atoms with Gasteiger partial charge in [-0.3, -0.25) is 9.36 Å². The number of rotatable bonds is 6. The van der Waals surface area contributed by atoms with E-state index in [4.69, 9.17) is 4.74 Å². The van der Waals surface area contributed by atoms with E-state index in [2.05, 4.69) is 17.2 Å². The van der Waals surface area contributed by atoms with Crippen molar-refractivity contribution in [3.63, 3.8) is 0 Å². The number of esters is 1. The molecule has 0 spiro atoms. The fourth-order valence-electron chi connectivity index (χ4n) is 1.94. The summed E-state index contributed by atoms with van der Waals surface area (Å²) in [5.74, 6) is 0.473. The van der Waals surface area contributed by atoms with Crippen LogP contribution in [-0.2, 0) is 16.1 Å². The zero-order valence-corrected chi connectivity index (χ0v) is 11.3. The highest BCUT2D eigenvalue weighted by Gasteiger charge is 2.13. The summed E-state index contributed by atoms with van der Waals surface area (Å²) in [6.07, 6.45) is 1.00. The first-order valence-electron chi connectivity index (χ1n) is 6.61. The van der Waals surface area contributed by atoms with Crippen molar-refractivity contribution in [2.75, 3.05) is 18.5 Å². The molecule has 0 radical (unpaired) electrons. The van der Waals surface area contributed by atoms with Gasteiger partial charge in [-0.15, -0.1) is 0 Å². The fraction of sp³-hybridized carbons (Fsp3) is 0.429. The molecular formula is C14H19N3O2. The number of anilines is 1. The maximum atomic E-state index is 11.7. The van der Waals surface area contributed by atoms with Gasteiger partial charge in [0, 0.05) is 6.54 Å². The summed E-state index contributed by atoms with van der Waals surface area (Å²) < 4.78 is 6.87. The molecule has 0 fully saturated rings. The minimum atomic E-state index is -0.245. The molecule has 0 aliphatic heterocycles. The number of aromatic nitrogens is 2. The number of imidazole rings is 1. The van der Waals surface area contributed by atoms with E-state index in [0.717, 1.165) is 29.9 Å². The average molecular weight is 261 g/mol. The molecule has 0 amide bonds. The van der Waals surface area contributed by atoms with Gasteiger partial charge in [0.25, 0.3) is 0 Å². The van der Waals surface area contributed by atoms with Crippen molar-refractivity contribution in [3.05, 3.63) is 24.3 Å². The first-order valence-corrected chi connectivity index (χ1v) is 6.61. The average Bonchev–Trinajstić information content (AvgIpc) is 2.75. The summed E-state index contributed by atoms with van der Waals surface area (Å²) in [6.45, 7) is 5.29. The summed E-state index contributed by atoms with van der Waals surface area (Å²) in [6, 6.07) is 7.77. The molecule has 1 aromatic heterocycles. The molecule has 1 N–H and O–H groups in total. The zero-order chi connectivity index (χ0) is 13.7. The van der Waals surface area contributed by atoms with Crippen molar-refractivity contribution in [2.45, 2.75) is 26.8 Å². The summed E-state index contributed by atoms with van der Waals surface area (Å²) in [4.78, 5) is 16.2. The SMILES string of the molecule is CCCNc1nc2ccccc2n1CC(=O)OCC. The Morgan fingerprint density at radius 1 is 1.37 bits per heavy atom. The van der Waals surface area contributed by atoms with Crippen LogP contribution >= 0.6 is 0 Å². The molecule has 2 rings (SSSR count). The van der Waals surface area contributed by atoms with Crippen molar-refractivity contribution in [2.24, 2.45) is 0 Å². The van der Waals surface area contributed by atoms with Crippen LogP contribution in [0.5, 0.6) is 0 Å². The summed E-state index contributed by atoms with van der Waals surface area (Å²) >= 11 is 0. The van der Waals surface area contributed by atoms with Gasteiger partial charge < -0.3 is 10.1 Å². The topological polar surface area (TPSA) is 56.2 Å². The predicted molar refractivity (Wildman–Crippen MR) is 75.1 cm³/mol. The highest BCUT2D eigenvalue weighted by atomic mass is 16.5. The number of nitrogens with one attached hydrogen (secondary N) is 1. The van der Waals surface area contributed by atoms with E-state index in [-0.39, 0.29) is 12.5 Å². The smallest absolute Gasteiger partial charge is 0.326 e. The largest absolute Gasteiger partial charge is 0.465 e. The summed E-state index contributed by atoms with van der Waals surface area (Å²) in [5, 5.41) is 3.24. The van der Waals surface area contributed by atoms with E-state index in [1.807, 2.05) is 28.8 Å². The molecule has 1 aromatic carbocycles. The van der Waals surface area contributed by atoms with Crippen LogP contribution in [0, 0.1) is 0 Å². The van der Waals surface area contributed by atoms with Gasteiger partial charge in [0.2, 0.25) is 5.95 Å². The summed E-state index contributed by atoms with van der Waals surface area (Å²) in [5.41, 5.74) is 1.82. The predicted octanol–water partition coefficient (Wildman–Crippen LogP) is 2.42. The fourth-order valence-corrected chi connectivity index (χ4v) is 1.94. The quantitative estimate of drug-likeness (QED) is 0.811. The maximum absolute atomic E-state index is 11.7. The lowest BCUT2D eigenvalue weighted by atomic mass is 10.3. The molecule has 2 aromatic rings. The van der Waals surface area contributed by atoms with Crippen LogP contribution in [0.4, 0.5) is 5.95 Å². The molecule has 5 nitrogen and oxygen atoms in total. The minimum absolute atomic E-state index is 0.181. The van der Waals surface area contributed by atoms with Gasteiger partial charge in [-0.25, -0.2) is 4.98 Å². The van der Waals surface area contributed by atoms with Crippen molar-refractivity contribution in [1.29, 1.82) is 0 Å². The summed E-state index contributed by atoms with van der Waals surface area (Å²) in [7, 11) is 0. The monoisotopic (exact) mass is 261 g/mol. The van der Waals surface area contributed by atoms with E-state index in [0.29, 0.717) is 6.61 Å². The van der Waals surface area contributed by atoms with Crippen LogP contribution in [0.2, 0.25) is 0 Å².